The largest absolute Gasteiger partial charge is 0.480 e. The number of carboxylic acids is 1. The summed E-state index contributed by atoms with van der Waals surface area (Å²) in [5.41, 5.74) is 11.7. The molecule has 3 amide bonds. The van der Waals surface area contributed by atoms with Gasteiger partial charge >= 0.3 is 5.97 Å². The predicted octanol–water partition coefficient (Wildman–Crippen LogP) is -1.85. The van der Waals surface area contributed by atoms with Crippen LogP contribution >= 0.6 is 12.6 Å². The van der Waals surface area contributed by atoms with Gasteiger partial charge in [-0.3, -0.25) is 14.4 Å². The van der Waals surface area contributed by atoms with Crippen LogP contribution in [0.4, 0.5) is 0 Å². The van der Waals surface area contributed by atoms with E-state index in [2.05, 4.69) is 28.6 Å². The molecular weight excluding hydrogens is 450 g/mol. The van der Waals surface area contributed by atoms with Crippen molar-refractivity contribution in [1.29, 1.82) is 0 Å². The fourth-order valence-corrected chi connectivity index (χ4v) is 3.17. The summed E-state index contributed by atoms with van der Waals surface area (Å²) in [5.74, 6) is -3.40. The Hall–Kier alpha value is -2.67. The average Bonchev–Trinajstić information content (AvgIpc) is 2.81. The Labute approximate surface area is 198 Å². The predicted molar refractivity (Wildman–Crippen MR) is 125 cm³/mol. The quantitative estimate of drug-likeness (QED) is 0.105. The van der Waals surface area contributed by atoms with Gasteiger partial charge in [0, 0.05) is 12.2 Å². The van der Waals surface area contributed by atoms with Gasteiger partial charge in [-0.05, 0) is 31.4 Å². The van der Waals surface area contributed by atoms with E-state index in [1.807, 2.05) is 0 Å². The van der Waals surface area contributed by atoms with Gasteiger partial charge in [0.25, 0.3) is 0 Å². The van der Waals surface area contributed by atoms with E-state index in [9.17, 15) is 24.3 Å². The Kier molecular flexibility index (Phi) is 13.1. The van der Waals surface area contributed by atoms with Crippen molar-refractivity contribution in [3.8, 4) is 0 Å². The number of unbranched alkanes of at least 4 members (excludes halogenated alkanes) is 1. The van der Waals surface area contributed by atoms with Crippen molar-refractivity contribution in [2.75, 3.05) is 18.9 Å². The zero-order chi connectivity index (χ0) is 24.8. The molecule has 0 radical (unpaired) electrons. The van der Waals surface area contributed by atoms with Gasteiger partial charge in [0.1, 0.15) is 24.2 Å². The molecule has 0 spiro atoms. The van der Waals surface area contributed by atoms with Crippen molar-refractivity contribution in [2.45, 2.75) is 49.9 Å². The highest BCUT2D eigenvalue weighted by molar-refractivity contribution is 7.80. The van der Waals surface area contributed by atoms with Gasteiger partial charge < -0.3 is 37.6 Å². The standard InChI is InChI=1S/C21H33N5O6S/c22-9-5-4-8-15(24-20(30)17(12-33)26-18(28)14(23)11-27)19(29)25-16(21(31)32)10-13-6-2-1-3-7-13/h1-3,6-7,14-17,27,33H,4-5,8-12,22-23H2,(H,24,30)(H,25,29)(H,26,28)(H,31,32). The first-order valence-corrected chi connectivity index (χ1v) is 11.2. The van der Waals surface area contributed by atoms with Gasteiger partial charge in [-0.15, -0.1) is 0 Å². The summed E-state index contributed by atoms with van der Waals surface area (Å²) in [6.45, 7) is -0.211. The molecule has 1 aromatic carbocycles. The number of nitrogens with one attached hydrogen (secondary N) is 3. The monoisotopic (exact) mass is 483 g/mol. The Morgan fingerprint density at radius 1 is 0.909 bits per heavy atom. The second-order valence-corrected chi connectivity index (χ2v) is 7.83. The summed E-state index contributed by atoms with van der Waals surface area (Å²) in [4.78, 5) is 49.2. The van der Waals surface area contributed by atoms with Gasteiger partial charge in [0.15, 0.2) is 0 Å². The number of amides is 3. The Morgan fingerprint density at radius 2 is 1.48 bits per heavy atom. The average molecular weight is 484 g/mol. The van der Waals surface area contributed by atoms with Crippen molar-refractivity contribution in [3.05, 3.63) is 35.9 Å². The lowest BCUT2D eigenvalue weighted by Gasteiger charge is -2.24. The number of nitrogens with two attached hydrogens (primary N) is 2. The molecule has 0 aliphatic heterocycles. The second kappa shape index (κ2) is 15.2. The number of hydrogen-bond acceptors (Lipinski definition) is 8. The highest BCUT2D eigenvalue weighted by atomic mass is 32.1. The molecule has 12 heteroatoms. The minimum atomic E-state index is -1.21. The summed E-state index contributed by atoms with van der Waals surface area (Å²) in [6, 6.07) is 4.26. The van der Waals surface area contributed by atoms with Crippen LogP contribution in [0.2, 0.25) is 0 Å². The van der Waals surface area contributed by atoms with E-state index < -0.39 is 54.5 Å². The summed E-state index contributed by atoms with van der Waals surface area (Å²) in [6.07, 6.45) is 1.40. The number of thiol groups is 1. The molecule has 0 heterocycles. The number of carbonyl (C=O) groups is 4. The van der Waals surface area contributed by atoms with Crippen LogP contribution in [-0.4, -0.2) is 77.0 Å². The highest BCUT2D eigenvalue weighted by Crippen LogP contribution is 2.07. The number of carbonyl (C=O) groups excluding carboxylic acids is 3. The van der Waals surface area contributed by atoms with E-state index in [1.165, 1.54) is 0 Å². The molecule has 9 N–H and O–H groups in total. The van der Waals surface area contributed by atoms with E-state index in [4.69, 9.17) is 16.6 Å². The summed E-state index contributed by atoms with van der Waals surface area (Å²) in [7, 11) is 0. The van der Waals surface area contributed by atoms with Crippen LogP contribution in [0, 0.1) is 0 Å². The third-order valence-electron chi connectivity index (χ3n) is 4.83. The number of rotatable bonds is 15. The maximum Gasteiger partial charge on any atom is 0.326 e. The third-order valence-corrected chi connectivity index (χ3v) is 5.19. The zero-order valence-corrected chi connectivity index (χ0v) is 19.2. The number of aliphatic hydroxyl groups is 1. The van der Waals surface area contributed by atoms with Crippen LogP contribution in [-0.2, 0) is 25.6 Å². The number of hydrogen-bond donors (Lipinski definition) is 8. The number of carboxylic acid groups (broad SMARTS) is 1. The summed E-state index contributed by atoms with van der Waals surface area (Å²) < 4.78 is 0. The molecule has 184 valence electrons. The molecule has 4 atom stereocenters. The Bertz CT molecular complexity index is 782. The molecule has 0 aromatic heterocycles. The van der Waals surface area contributed by atoms with Gasteiger partial charge in [0.05, 0.1) is 6.61 Å². The van der Waals surface area contributed by atoms with Crippen molar-refractivity contribution < 1.29 is 29.4 Å². The lowest BCUT2D eigenvalue weighted by Crippen LogP contribution is -2.58. The number of aliphatic hydroxyl groups excluding tert-OH is 1. The Balaban J connectivity index is 2.90. The maximum atomic E-state index is 12.9. The number of aliphatic carboxylic acids is 1. The van der Waals surface area contributed by atoms with Crippen LogP contribution in [0.5, 0.6) is 0 Å². The molecule has 1 rings (SSSR count). The molecule has 0 aliphatic carbocycles. The first kappa shape index (κ1) is 28.4. The molecule has 0 saturated heterocycles. The van der Waals surface area contributed by atoms with Gasteiger partial charge in [0.2, 0.25) is 17.7 Å². The molecular formula is C21H33N5O6S. The van der Waals surface area contributed by atoms with Crippen LogP contribution in [0.3, 0.4) is 0 Å². The zero-order valence-electron chi connectivity index (χ0n) is 18.3. The van der Waals surface area contributed by atoms with Gasteiger partial charge in [-0.2, -0.15) is 12.6 Å². The van der Waals surface area contributed by atoms with Gasteiger partial charge in [-0.25, -0.2) is 4.79 Å². The first-order chi connectivity index (χ1) is 15.7. The molecule has 1 aromatic rings. The van der Waals surface area contributed by atoms with E-state index in [0.717, 1.165) is 5.56 Å². The topological polar surface area (TPSA) is 197 Å². The molecule has 0 aliphatic rings. The molecule has 0 saturated carbocycles. The SMILES string of the molecule is NCCCCC(NC(=O)C(CS)NC(=O)C(N)CO)C(=O)NC(Cc1ccccc1)C(=O)O. The number of benzene rings is 1. The van der Waals surface area contributed by atoms with Crippen LogP contribution in [0.15, 0.2) is 30.3 Å². The third kappa shape index (κ3) is 10.2. The lowest BCUT2D eigenvalue weighted by atomic mass is 10.0. The normalized spacial score (nSPS) is 14.4. The molecule has 0 bridgehead atoms. The maximum absolute atomic E-state index is 12.9. The molecule has 4 unspecified atom stereocenters. The Morgan fingerprint density at radius 3 is 2.03 bits per heavy atom. The first-order valence-electron chi connectivity index (χ1n) is 10.6. The summed E-state index contributed by atoms with van der Waals surface area (Å²) in [5, 5.41) is 25.9. The minimum Gasteiger partial charge on any atom is -0.480 e. The lowest BCUT2D eigenvalue weighted by molar-refractivity contribution is -0.142. The van der Waals surface area contributed by atoms with Crippen molar-refractivity contribution >= 4 is 36.3 Å². The van der Waals surface area contributed by atoms with Crippen molar-refractivity contribution in [2.24, 2.45) is 11.5 Å². The second-order valence-electron chi connectivity index (χ2n) is 7.47. The highest BCUT2D eigenvalue weighted by Gasteiger charge is 2.29. The van der Waals surface area contributed by atoms with Crippen LogP contribution in [0.25, 0.3) is 0 Å². The molecule has 11 nitrogen and oxygen atoms in total. The van der Waals surface area contributed by atoms with Gasteiger partial charge in [-0.1, -0.05) is 30.3 Å². The van der Waals surface area contributed by atoms with E-state index in [-0.39, 0.29) is 18.6 Å². The van der Waals surface area contributed by atoms with Crippen molar-refractivity contribution in [3.63, 3.8) is 0 Å². The van der Waals surface area contributed by atoms with Crippen molar-refractivity contribution in [1.82, 2.24) is 16.0 Å². The van der Waals surface area contributed by atoms with E-state index in [0.29, 0.717) is 19.4 Å². The van der Waals surface area contributed by atoms with E-state index >= 15 is 0 Å². The summed E-state index contributed by atoms with van der Waals surface area (Å²) >= 11 is 4.05. The molecule has 0 fully saturated rings. The van der Waals surface area contributed by atoms with Crippen LogP contribution in [0.1, 0.15) is 24.8 Å². The fourth-order valence-electron chi connectivity index (χ4n) is 2.91. The van der Waals surface area contributed by atoms with E-state index in [1.54, 1.807) is 30.3 Å². The smallest absolute Gasteiger partial charge is 0.326 e. The van der Waals surface area contributed by atoms with Crippen LogP contribution < -0.4 is 27.4 Å². The minimum absolute atomic E-state index is 0.0692. The fraction of sp³-hybridized carbons (Fsp3) is 0.524. The molecule has 33 heavy (non-hydrogen) atoms.